The SMILES string of the molecule is COc1ccccc1NC(=O)Nc1ccc(CC(=O)N2CCC[C@H]2C(F)Oc2ccc(C(=O)O)cc2)cc1. The molecule has 10 heteroatoms. The van der Waals surface area contributed by atoms with E-state index in [4.69, 9.17) is 14.6 Å². The molecule has 3 N–H and O–H groups in total. The number of ether oxygens (including phenoxy) is 2. The number of urea groups is 1. The molecule has 3 aromatic carbocycles. The lowest BCUT2D eigenvalue weighted by atomic mass is 10.1. The van der Waals surface area contributed by atoms with Crippen molar-refractivity contribution in [2.24, 2.45) is 0 Å². The van der Waals surface area contributed by atoms with Gasteiger partial charge in [0, 0.05) is 12.2 Å². The van der Waals surface area contributed by atoms with Gasteiger partial charge in [0.2, 0.25) is 5.91 Å². The molecule has 1 fully saturated rings. The van der Waals surface area contributed by atoms with E-state index in [1.807, 2.05) is 0 Å². The lowest BCUT2D eigenvalue weighted by Gasteiger charge is -2.27. The zero-order chi connectivity index (χ0) is 27.1. The van der Waals surface area contributed by atoms with Crippen molar-refractivity contribution < 1.29 is 33.4 Å². The molecule has 0 spiro atoms. The van der Waals surface area contributed by atoms with Gasteiger partial charge in [-0.2, -0.15) is 4.39 Å². The molecule has 0 radical (unpaired) electrons. The second kappa shape index (κ2) is 12.1. The summed E-state index contributed by atoms with van der Waals surface area (Å²) < 4.78 is 25.6. The number of carbonyl (C=O) groups excluding carboxylic acids is 2. The summed E-state index contributed by atoms with van der Waals surface area (Å²) >= 11 is 0. The molecule has 0 aromatic heterocycles. The van der Waals surface area contributed by atoms with Gasteiger partial charge in [0.1, 0.15) is 11.5 Å². The average Bonchev–Trinajstić information content (AvgIpc) is 3.41. The smallest absolute Gasteiger partial charge is 0.335 e. The lowest BCUT2D eigenvalue weighted by molar-refractivity contribution is -0.135. The van der Waals surface area contributed by atoms with Gasteiger partial charge in [-0.1, -0.05) is 24.3 Å². The number of methoxy groups -OCH3 is 1. The number of carboxylic acid groups (broad SMARTS) is 1. The first kappa shape index (κ1) is 26.5. The van der Waals surface area contributed by atoms with Gasteiger partial charge in [-0.15, -0.1) is 0 Å². The molecule has 1 aliphatic heterocycles. The molecule has 3 amide bonds. The average molecular weight is 522 g/mol. The molecule has 0 bridgehead atoms. The number of nitrogens with zero attached hydrogens (tertiary/aromatic N) is 1. The van der Waals surface area contributed by atoms with Crippen LogP contribution in [0.3, 0.4) is 0 Å². The number of para-hydroxylation sites is 2. The van der Waals surface area contributed by atoms with Crippen molar-refractivity contribution in [3.8, 4) is 11.5 Å². The fraction of sp³-hybridized carbons (Fsp3) is 0.250. The highest BCUT2D eigenvalue weighted by Crippen LogP contribution is 2.26. The second-order valence-corrected chi connectivity index (χ2v) is 8.75. The maximum atomic E-state index is 15.0. The minimum atomic E-state index is -1.74. The Labute approximate surface area is 219 Å². The van der Waals surface area contributed by atoms with E-state index >= 15 is 0 Å². The summed E-state index contributed by atoms with van der Waals surface area (Å²) in [5, 5.41) is 14.4. The van der Waals surface area contributed by atoms with Crippen LogP contribution in [0.15, 0.2) is 72.8 Å². The Morgan fingerprint density at radius 3 is 2.42 bits per heavy atom. The normalized spacial score (nSPS) is 15.4. The topological polar surface area (TPSA) is 117 Å². The maximum absolute atomic E-state index is 15.0. The molecule has 9 nitrogen and oxygen atoms in total. The minimum Gasteiger partial charge on any atom is -0.495 e. The molecule has 38 heavy (non-hydrogen) atoms. The Morgan fingerprint density at radius 2 is 1.74 bits per heavy atom. The maximum Gasteiger partial charge on any atom is 0.335 e. The van der Waals surface area contributed by atoms with Crippen LogP contribution in [-0.4, -0.2) is 54.0 Å². The van der Waals surface area contributed by atoms with E-state index in [1.54, 1.807) is 48.5 Å². The molecular weight excluding hydrogens is 493 g/mol. The summed E-state index contributed by atoms with van der Waals surface area (Å²) in [6.07, 6.45) is -0.554. The standard InChI is InChI=1S/C28H28FN3O6/c1-37-24-7-3-2-5-22(24)31-28(36)30-20-12-8-18(9-13-20)17-25(33)32-16-4-6-23(32)26(29)38-21-14-10-19(11-15-21)27(34)35/h2-3,5,7-15,23,26H,4,6,16-17H2,1H3,(H,34,35)(H2,30,31,36)/t23-,26?/m0/s1. The number of benzene rings is 3. The number of amides is 3. The summed E-state index contributed by atoms with van der Waals surface area (Å²) in [6.45, 7) is 0.425. The van der Waals surface area contributed by atoms with Gasteiger partial charge in [-0.3, -0.25) is 4.79 Å². The summed E-state index contributed by atoms with van der Waals surface area (Å²) in [4.78, 5) is 37.8. The third-order valence-electron chi connectivity index (χ3n) is 6.19. The van der Waals surface area contributed by atoms with Crippen LogP contribution in [0, 0.1) is 0 Å². The fourth-order valence-corrected chi connectivity index (χ4v) is 4.27. The van der Waals surface area contributed by atoms with Gasteiger partial charge in [0.05, 0.1) is 30.8 Å². The van der Waals surface area contributed by atoms with E-state index in [-0.39, 0.29) is 23.6 Å². The van der Waals surface area contributed by atoms with Gasteiger partial charge >= 0.3 is 12.0 Å². The number of carbonyl (C=O) groups is 3. The van der Waals surface area contributed by atoms with E-state index in [2.05, 4.69) is 10.6 Å². The summed E-state index contributed by atoms with van der Waals surface area (Å²) in [7, 11) is 1.52. The Balaban J connectivity index is 1.31. The number of aromatic carboxylic acids is 1. The van der Waals surface area contributed by atoms with Crippen molar-refractivity contribution in [3.05, 3.63) is 83.9 Å². The molecule has 2 atom stereocenters. The molecule has 3 aromatic rings. The van der Waals surface area contributed by atoms with Crippen LogP contribution < -0.4 is 20.1 Å². The molecule has 1 saturated heterocycles. The molecule has 1 aliphatic rings. The van der Waals surface area contributed by atoms with Crippen molar-refractivity contribution >= 4 is 29.3 Å². The van der Waals surface area contributed by atoms with E-state index in [0.29, 0.717) is 36.5 Å². The van der Waals surface area contributed by atoms with Crippen LogP contribution in [0.1, 0.15) is 28.8 Å². The van der Waals surface area contributed by atoms with Crippen LogP contribution in [-0.2, 0) is 11.2 Å². The number of alkyl halides is 1. The van der Waals surface area contributed by atoms with Crippen LogP contribution >= 0.6 is 0 Å². The highest BCUT2D eigenvalue weighted by molar-refractivity contribution is 6.00. The first-order valence-corrected chi connectivity index (χ1v) is 12.1. The van der Waals surface area contributed by atoms with Crippen molar-refractivity contribution in [1.29, 1.82) is 0 Å². The van der Waals surface area contributed by atoms with Crippen molar-refractivity contribution in [2.45, 2.75) is 31.7 Å². The molecule has 0 aliphatic carbocycles. The summed E-state index contributed by atoms with van der Waals surface area (Å²) in [6, 6.07) is 18.2. The van der Waals surface area contributed by atoms with Gasteiger partial charge in [0.15, 0.2) is 0 Å². The quantitative estimate of drug-likeness (QED) is 0.367. The van der Waals surface area contributed by atoms with Crippen molar-refractivity contribution in [1.82, 2.24) is 4.90 Å². The number of carboxylic acids is 1. The largest absolute Gasteiger partial charge is 0.495 e. The number of halogens is 1. The zero-order valence-electron chi connectivity index (χ0n) is 20.7. The first-order chi connectivity index (χ1) is 18.3. The monoisotopic (exact) mass is 521 g/mol. The molecule has 1 unspecified atom stereocenters. The number of nitrogens with one attached hydrogen (secondary N) is 2. The Morgan fingerprint density at radius 1 is 1.03 bits per heavy atom. The molecule has 0 saturated carbocycles. The van der Waals surface area contributed by atoms with Gasteiger partial charge in [0.25, 0.3) is 6.36 Å². The van der Waals surface area contributed by atoms with E-state index in [0.717, 1.165) is 5.56 Å². The van der Waals surface area contributed by atoms with Crippen LogP contribution in [0.5, 0.6) is 11.5 Å². The highest BCUT2D eigenvalue weighted by Gasteiger charge is 2.36. The van der Waals surface area contributed by atoms with E-state index in [1.165, 1.54) is 36.3 Å². The number of hydrogen-bond donors (Lipinski definition) is 3. The zero-order valence-corrected chi connectivity index (χ0v) is 20.7. The predicted octanol–water partition coefficient (Wildman–Crippen LogP) is 4.95. The summed E-state index contributed by atoms with van der Waals surface area (Å²) in [5.74, 6) is -0.580. The number of hydrogen-bond acceptors (Lipinski definition) is 5. The van der Waals surface area contributed by atoms with Crippen LogP contribution in [0.25, 0.3) is 0 Å². The fourth-order valence-electron chi connectivity index (χ4n) is 4.27. The first-order valence-electron chi connectivity index (χ1n) is 12.1. The van der Waals surface area contributed by atoms with Crippen LogP contribution in [0.2, 0.25) is 0 Å². The second-order valence-electron chi connectivity index (χ2n) is 8.75. The van der Waals surface area contributed by atoms with Gasteiger partial charge in [-0.05, 0) is 66.9 Å². The Hall–Kier alpha value is -4.60. The molecule has 4 rings (SSSR count). The highest BCUT2D eigenvalue weighted by atomic mass is 19.1. The van der Waals surface area contributed by atoms with Crippen LogP contribution in [0.4, 0.5) is 20.6 Å². The van der Waals surface area contributed by atoms with Gasteiger partial charge < -0.3 is 30.1 Å². The minimum absolute atomic E-state index is 0.0729. The summed E-state index contributed by atoms with van der Waals surface area (Å²) in [5.41, 5.74) is 1.86. The third kappa shape index (κ3) is 6.58. The van der Waals surface area contributed by atoms with E-state index in [9.17, 15) is 18.8 Å². The molecule has 198 valence electrons. The van der Waals surface area contributed by atoms with E-state index < -0.39 is 24.4 Å². The molecule has 1 heterocycles. The van der Waals surface area contributed by atoms with Crippen molar-refractivity contribution in [3.63, 3.8) is 0 Å². The number of rotatable bonds is 9. The number of likely N-dealkylation sites (tertiary alicyclic amines) is 1. The third-order valence-corrected chi connectivity index (χ3v) is 6.19. The Bertz CT molecular complexity index is 1280. The van der Waals surface area contributed by atoms with Crippen molar-refractivity contribution in [2.75, 3.05) is 24.3 Å². The Kier molecular flexibility index (Phi) is 8.42. The molecular formula is C28H28FN3O6. The lowest BCUT2D eigenvalue weighted by Crippen LogP contribution is -2.44. The predicted molar refractivity (Wildman–Crippen MR) is 139 cm³/mol. The van der Waals surface area contributed by atoms with Gasteiger partial charge in [-0.25, -0.2) is 9.59 Å². The number of anilines is 2.